The molecule has 3 aromatic rings. The highest BCUT2D eigenvalue weighted by atomic mass is 35.5. The van der Waals surface area contributed by atoms with E-state index < -0.39 is 0 Å². The van der Waals surface area contributed by atoms with Gasteiger partial charge in [0.2, 0.25) is 0 Å². The standard InChI is InChI=1S/C22H22ClN/c23-22(21-14-8-3-9-15-21)18-24(16-19-10-4-1-5-11-19)17-20-12-6-2-7-13-20/h1-15,22H,16-18H2/t22-/m0/s1. The van der Waals surface area contributed by atoms with Crippen LogP contribution in [-0.2, 0) is 13.1 Å². The monoisotopic (exact) mass is 335 g/mol. The van der Waals surface area contributed by atoms with E-state index >= 15 is 0 Å². The Morgan fingerprint density at radius 2 is 1.04 bits per heavy atom. The Kier molecular flexibility index (Phi) is 6.06. The highest BCUT2D eigenvalue weighted by Gasteiger charge is 2.14. The second kappa shape index (κ2) is 8.68. The summed E-state index contributed by atoms with van der Waals surface area (Å²) in [6.45, 7) is 2.60. The van der Waals surface area contributed by atoms with E-state index in [1.165, 1.54) is 16.7 Å². The van der Waals surface area contributed by atoms with Crippen LogP contribution in [0.3, 0.4) is 0 Å². The first-order chi connectivity index (χ1) is 11.8. The maximum Gasteiger partial charge on any atom is 0.0712 e. The molecule has 0 aliphatic rings. The van der Waals surface area contributed by atoms with Gasteiger partial charge in [0, 0.05) is 19.6 Å². The molecule has 122 valence electrons. The lowest BCUT2D eigenvalue weighted by Gasteiger charge is -2.25. The second-order valence-corrected chi connectivity index (χ2v) is 6.55. The molecule has 0 spiro atoms. The van der Waals surface area contributed by atoms with Gasteiger partial charge in [-0.15, -0.1) is 11.6 Å². The van der Waals surface area contributed by atoms with Crippen molar-refractivity contribution in [3.8, 4) is 0 Å². The quantitative estimate of drug-likeness (QED) is 0.503. The Balaban J connectivity index is 1.73. The summed E-state index contributed by atoms with van der Waals surface area (Å²) in [4.78, 5) is 2.41. The van der Waals surface area contributed by atoms with Crippen LogP contribution >= 0.6 is 11.6 Å². The van der Waals surface area contributed by atoms with Crippen LogP contribution in [0.15, 0.2) is 91.0 Å². The number of nitrogens with zero attached hydrogens (tertiary/aromatic N) is 1. The molecule has 0 aromatic heterocycles. The molecule has 0 saturated carbocycles. The minimum atomic E-state index is -0.0152. The SMILES string of the molecule is Cl[C@@H](CN(Cc1ccccc1)Cc1ccccc1)c1ccccc1. The lowest BCUT2D eigenvalue weighted by molar-refractivity contribution is 0.257. The molecule has 0 bridgehead atoms. The lowest BCUT2D eigenvalue weighted by Crippen LogP contribution is -2.26. The van der Waals surface area contributed by atoms with Gasteiger partial charge in [-0.05, 0) is 16.7 Å². The van der Waals surface area contributed by atoms with Crippen LogP contribution in [0.1, 0.15) is 22.1 Å². The van der Waals surface area contributed by atoms with Crippen molar-refractivity contribution in [2.24, 2.45) is 0 Å². The molecule has 0 fully saturated rings. The molecule has 24 heavy (non-hydrogen) atoms. The van der Waals surface area contributed by atoms with Crippen LogP contribution in [-0.4, -0.2) is 11.4 Å². The van der Waals surface area contributed by atoms with Crippen molar-refractivity contribution >= 4 is 11.6 Å². The summed E-state index contributed by atoms with van der Waals surface area (Å²) in [6.07, 6.45) is 0. The van der Waals surface area contributed by atoms with E-state index in [9.17, 15) is 0 Å². The van der Waals surface area contributed by atoms with Crippen LogP contribution in [0.25, 0.3) is 0 Å². The molecule has 3 rings (SSSR count). The van der Waals surface area contributed by atoms with E-state index in [-0.39, 0.29) is 5.38 Å². The molecule has 0 unspecified atom stereocenters. The third-order valence-electron chi connectivity index (χ3n) is 4.08. The number of rotatable bonds is 7. The summed E-state index contributed by atoms with van der Waals surface area (Å²) in [7, 11) is 0. The zero-order valence-electron chi connectivity index (χ0n) is 13.7. The highest BCUT2D eigenvalue weighted by molar-refractivity contribution is 6.21. The van der Waals surface area contributed by atoms with Gasteiger partial charge in [-0.2, -0.15) is 0 Å². The summed E-state index contributed by atoms with van der Waals surface area (Å²) in [5.41, 5.74) is 3.79. The predicted octanol–water partition coefficient (Wildman–Crippen LogP) is 5.67. The molecule has 0 saturated heterocycles. The van der Waals surface area contributed by atoms with E-state index in [2.05, 4.69) is 77.7 Å². The average molecular weight is 336 g/mol. The number of hydrogen-bond acceptors (Lipinski definition) is 1. The number of benzene rings is 3. The van der Waals surface area contributed by atoms with Gasteiger partial charge in [-0.25, -0.2) is 0 Å². The molecule has 0 heterocycles. The van der Waals surface area contributed by atoms with E-state index in [4.69, 9.17) is 11.6 Å². The van der Waals surface area contributed by atoms with Crippen molar-refractivity contribution in [1.29, 1.82) is 0 Å². The molecular weight excluding hydrogens is 314 g/mol. The molecule has 0 N–H and O–H groups in total. The van der Waals surface area contributed by atoms with Gasteiger partial charge in [-0.3, -0.25) is 4.90 Å². The zero-order chi connectivity index (χ0) is 16.6. The number of hydrogen-bond donors (Lipinski definition) is 0. The molecule has 1 atom stereocenters. The van der Waals surface area contributed by atoms with Crippen LogP contribution in [0.4, 0.5) is 0 Å². The van der Waals surface area contributed by atoms with E-state index in [0.29, 0.717) is 0 Å². The molecule has 0 aliphatic carbocycles. The normalized spacial score (nSPS) is 12.2. The average Bonchev–Trinajstić information content (AvgIpc) is 2.64. The van der Waals surface area contributed by atoms with Crippen molar-refractivity contribution < 1.29 is 0 Å². The van der Waals surface area contributed by atoms with Crippen LogP contribution in [0, 0.1) is 0 Å². The van der Waals surface area contributed by atoms with E-state index in [1.54, 1.807) is 0 Å². The smallest absolute Gasteiger partial charge is 0.0712 e. The van der Waals surface area contributed by atoms with Gasteiger partial charge in [0.25, 0.3) is 0 Å². The van der Waals surface area contributed by atoms with Crippen LogP contribution < -0.4 is 0 Å². The van der Waals surface area contributed by atoms with Gasteiger partial charge < -0.3 is 0 Å². The molecule has 2 heteroatoms. The van der Waals surface area contributed by atoms with Gasteiger partial charge in [0.05, 0.1) is 5.38 Å². The summed E-state index contributed by atoms with van der Waals surface area (Å²) in [5, 5.41) is -0.0152. The van der Waals surface area contributed by atoms with Crippen LogP contribution in [0.5, 0.6) is 0 Å². The van der Waals surface area contributed by atoms with Crippen molar-refractivity contribution in [2.45, 2.75) is 18.5 Å². The molecule has 3 aromatic carbocycles. The summed E-state index contributed by atoms with van der Waals surface area (Å²) < 4.78 is 0. The fraction of sp³-hybridized carbons (Fsp3) is 0.182. The van der Waals surface area contributed by atoms with Gasteiger partial charge >= 0.3 is 0 Å². The van der Waals surface area contributed by atoms with Gasteiger partial charge in [-0.1, -0.05) is 91.0 Å². The van der Waals surface area contributed by atoms with Crippen molar-refractivity contribution in [1.82, 2.24) is 4.90 Å². The maximum atomic E-state index is 6.69. The predicted molar refractivity (Wildman–Crippen MR) is 102 cm³/mol. The Hall–Kier alpha value is -2.09. The van der Waals surface area contributed by atoms with E-state index in [1.807, 2.05) is 18.2 Å². The molecule has 0 amide bonds. The Morgan fingerprint density at radius 1 is 0.625 bits per heavy atom. The molecule has 1 nitrogen and oxygen atoms in total. The lowest BCUT2D eigenvalue weighted by atomic mass is 10.1. The topological polar surface area (TPSA) is 3.24 Å². The summed E-state index contributed by atoms with van der Waals surface area (Å²) in [5.74, 6) is 0. The fourth-order valence-electron chi connectivity index (χ4n) is 2.86. The first-order valence-electron chi connectivity index (χ1n) is 8.30. The maximum absolute atomic E-state index is 6.69. The minimum absolute atomic E-state index is 0.0152. The third-order valence-corrected chi connectivity index (χ3v) is 4.47. The number of halogens is 1. The first-order valence-corrected chi connectivity index (χ1v) is 8.74. The van der Waals surface area contributed by atoms with E-state index in [0.717, 1.165) is 19.6 Å². The second-order valence-electron chi connectivity index (χ2n) is 6.02. The number of alkyl halides is 1. The first kappa shape index (κ1) is 16.8. The van der Waals surface area contributed by atoms with Crippen molar-refractivity contribution in [2.75, 3.05) is 6.54 Å². The molecule has 0 aliphatic heterocycles. The zero-order valence-corrected chi connectivity index (χ0v) is 14.4. The summed E-state index contributed by atoms with van der Waals surface area (Å²) >= 11 is 6.69. The molecule has 0 radical (unpaired) electrons. The minimum Gasteiger partial charge on any atom is -0.293 e. The largest absolute Gasteiger partial charge is 0.293 e. The fourth-order valence-corrected chi connectivity index (χ4v) is 3.20. The third kappa shape index (κ3) is 4.95. The Morgan fingerprint density at radius 3 is 1.50 bits per heavy atom. The van der Waals surface area contributed by atoms with Crippen molar-refractivity contribution in [3.05, 3.63) is 108 Å². The van der Waals surface area contributed by atoms with Gasteiger partial charge in [0.1, 0.15) is 0 Å². The highest BCUT2D eigenvalue weighted by Crippen LogP contribution is 2.23. The van der Waals surface area contributed by atoms with Gasteiger partial charge in [0.15, 0.2) is 0 Å². The van der Waals surface area contributed by atoms with Crippen LogP contribution in [0.2, 0.25) is 0 Å². The van der Waals surface area contributed by atoms with Crippen molar-refractivity contribution in [3.63, 3.8) is 0 Å². The molecular formula is C22H22ClN. The Bertz CT molecular complexity index is 671. The summed E-state index contributed by atoms with van der Waals surface area (Å²) in [6, 6.07) is 31.5. The Labute approximate surface area is 149 Å².